The summed E-state index contributed by atoms with van der Waals surface area (Å²) in [6, 6.07) is 3.67. The second kappa shape index (κ2) is 8.43. The highest BCUT2D eigenvalue weighted by molar-refractivity contribution is 7.88. The molecule has 0 radical (unpaired) electrons. The molecule has 8 nitrogen and oxygen atoms in total. The molecule has 2 aliphatic rings. The topological polar surface area (TPSA) is 91.1 Å². The molecule has 2 aliphatic heterocycles. The number of amides is 2. The Labute approximate surface area is 160 Å². The fourth-order valence-corrected chi connectivity index (χ4v) is 4.59. The van der Waals surface area contributed by atoms with Gasteiger partial charge in [0, 0.05) is 58.0 Å². The maximum atomic E-state index is 12.7. The van der Waals surface area contributed by atoms with E-state index in [1.807, 2.05) is 17.0 Å². The fourth-order valence-electron chi connectivity index (χ4n) is 3.71. The number of carbonyl (C=O) groups excluding carboxylic acids is 2. The van der Waals surface area contributed by atoms with Gasteiger partial charge < -0.3 is 14.2 Å². The molecule has 150 valence electrons. The minimum atomic E-state index is -3.18. The molecule has 0 atom stereocenters. The Kier molecular flexibility index (Phi) is 6.21. The largest absolute Gasteiger partial charge is 0.469 e. The molecule has 0 aromatic carbocycles. The van der Waals surface area contributed by atoms with Crippen LogP contribution in [0.15, 0.2) is 22.8 Å². The van der Waals surface area contributed by atoms with Crippen molar-refractivity contribution in [1.29, 1.82) is 0 Å². The molecule has 2 amide bonds. The maximum absolute atomic E-state index is 12.7. The summed E-state index contributed by atoms with van der Waals surface area (Å²) in [5, 5.41) is 0. The minimum absolute atomic E-state index is 0.0833. The number of furan rings is 1. The van der Waals surface area contributed by atoms with Gasteiger partial charge in [0.25, 0.3) is 0 Å². The standard InChI is InChI=1S/C18H27N3O5S/c1-27(24,25)21-8-6-15(7-9-21)18(23)20-12-10-19(11-13-20)17(22)5-4-16-3-2-14-26-16/h2-3,14-15H,4-13H2,1H3. The van der Waals surface area contributed by atoms with Gasteiger partial charge in [0.15, 0.2) is 0 Å². The second-order valence-electron chi connectivity index (χ2n) is 7.22. The number of sulfonamides is 1. The Morgan fingerprint density at radius 1 is 1.07 bits per heavy atom. The first-order valence-corrected chi connectivity index (χ1v) is 11.2. The Morgan fingerprint density at radius 2 is 1.70 bits per heavy atom. The van der Waals surface area contributed by atoms with Crippen LogP contribution in [0.25, 0.3) is 0 Å². The predicted octanol–water partition coefficient (Wildman–Crippen LogP) is 0.555. The van der Waals surface area contributed by atoms with Gasteiger partial charge in [-0.3, -0.25) is 9.59 Å². The first-order valence-electron chi connectivity index (χ1n) is 9.38. The number of carbonyl (C=O) groups is 2. The summed E-state index contributed by atoms with van der Waals surface area (Å²) in [5.74, 6) is 0.854. The van der Waals surface area contributed by atoms with Crippen LogP contribution in [-0.4, -0.2) is 79.9 Å². The maximum Gasteiger partial charge on any atom is 0.225 e. The van der Waals surface area contributed by atoms with E-state index in [0.29, 0.717) is 65.0 Å². The van der Waals surface area contributed by atoms with E-state index in [0.717, 1.165) is 5.76 Å². The molecule has 3 rings (SSSR count). The Morgan fingerprint density at radius 3 is 2.26 bits per heavy atom. The van der Waals surface area contributed by atoms with E-state index >= 15 is 0 Å². The second-order valence-corrected chi connectivity index (χ2v) is 9.20. The number of rotatable bonds is 5. The van der Waals surface area contributed by atoms with Gasteiger partial charge in [0.1, 0.15) is 5.76 Å². The molecule has 0 aliphatic carbocycles. The fraction of sp³-hybridized carbons (Fsp3) is 0.667. The average Bonchev–Trinajstić information content (AvgIpc) is 3.19. The molecule has 0 unspecified atom stereocenters. The Hall–Kier alpha value is -1.87. The first-order chi connectivity index (χ1) is 12.8. The van der Waals surface area contributed by atoms with E-state index in [-0.39, 0.29) is 17.7 Å². The number of piperazine rings is 1. The lowest BCUT2D eigenvalue weighted by atomic mass is 9.96. The number of hydrogen-bond acceptors (Lipinski definition) is 5. The van der Waals surface area contributed by atoms with Crippen molar-refractivity contribution in [2.75, 3.05) is 45.5 Å². The van der Waals surface area contributed by atoms with E-state index in [1.54, 1.807) is 11.2 Å². The van der Waals surface area contributed by atoms with Crippen LogP contribution in [0, 0.1) is 5.92 Å². The quantitative estimate of drug-likeness (QED) is 0.724. The van der Waals surface area contributed by atoms with Crippen molar-refractivity contribution in [3.63, 3.8) is 0 Å². The molecule has 2 fully saturated rings. The van der Waals surface area contributed by atoms with Gasteiger partial charge in [0.2, 0.25) is 21.8 Å². The molecule has 1 aromatic heterocycles. The zero-order chi connectivity index (χ0) is 19.4. The van der Waals surface area contributed by atoms with E-state index in [1.165, 1.54) is 10.6 Å². The van der Waals surface area contributed by atoms with Gasteiger partial charge in [-0.15, -0.1) is 0 Å². The summed E-state index contributed by atoms with van der Waals surface area (Å²) in [6.45, 7) is 2.98. The van der Waals surface area contributed by atoms with Crippen molar-refractivity contribution in [2.24, 2.45) is 5.92 Å². The first kappa shape index (κ1) is 19.9. The summed E-state index contributed by atoms with van der Waals surface area (Å²) in [5.41, 5.74) is 0. The van der Waals surface area contributed by atoms with Crippen LogP contribution in [0.4, 0.5) is 0 Å². The Balaban J connectivity index is 1.42. The summed E-state index contributed by atoms with van der Waals surface area (Å²) >= 11 is 0. The van der Waals surface area contributed by atoms with E-state index in [2.05, 4.69) is 0 Å². The average molecular weight is 397 g/mol. The van der Waals surface area contributed by atoms with E-state index < -0.39 is 10.0 Å². The van der Waals surface area contributed by atoms with Crippen LogP contribution in [0.1, 0.15) is 25.0 Å². The van der Waals surface area contributed by atoms with Gasteiger partial charge in [0.05, 0.1) is 12.5 Å². The van der Waals surface area contributed by atoms with Crippen molar-refractivity contribution in [3.8, 4) is 0 Å². The number of hydrogen-bond donors (Lipinski definition) is 0. The monoisotopic (exact) mass is 397 g/mol. The lowest BCUT2D eigenvalue weighted by Crippen LogP contribution is -2.53. The van der Waals surface area contributed by atoms with Gasteiger partial charge in [-0.1, -0.05) is 0 Å². The van der Waals surface area contributed by atoms with Crippen molar-refractivity contribution < 1.29 is 22.4 Å². The third-order valence-electron chi connectivity index (χ3n) is 5.38. The van der Waals surface area contributed by atoms with E-state index in [4.69, 9.17) is 4.42 Å². The minimum Gasteiger partial charge on any atom is -0.469 e. The molecular weight excluding hydrogens is 370 g/mol. The molecule has 0 bridgehead atoms. The lowest BCUT2D eigenvalue weighted by Gasteiger charge is -2.38. The zero-order valence-corrected chi connectivity index (χ0v) is 16.5. The van der Waals surface area contributed by atoms with Gasteiger partial charge >= 0.3 is 0 Å². The van der Waals surface area contributed by atoms with Gasteiger partial charge in [-0.05, 0) is 25.0 Å². The molecule has 0 spiro atoms. The zero-order valence-electron chi connectivity index (χ0n) is 15.7. The highest BCUT2D eigenvalue weighted by Gasteiger charge is 2.33. The lowest BCUT2D eigenvalue weighted by molar-refractivity contribution is -0.143. The molecule has 0 N–H and O–H groups in total. The normalized spacial score (nSPS) is 20.0. The molecule has 0 saturated carbocycles. The van der Waals surface area contributed by atoms with Crippen molar-refractivity contribution in [3.05, 3.63) is 24.2 Å². The van der Waals surface area contributed by atoms with Gasteiger partial charge in [-0.25, -0.2) is 12.7 Å². The van der Waals surface area contributed by atoms with Gasteiger partial charge in [-0.2, -0.15) is 0 Å². The third kappa shape index (κ3) is 5.10. The highest BCUT2D eigenvalue weighted by atomic mass is 32.2. The highest BCUT2D eigenvalue weighted by Crippen LogP contribution is 2.22. The van der Waals surface area contributed by atoms with Crippen molar-refractivity contribution >= 4 is 21.8 Å². The molecule has 27 heavy (non-hydrogen) atoms. The van der Waals surface area contributed by atoms with Crippen LogP contribution in [0.3, 0.4) is 0 Å². The summed E-state index contributed by atoms with van der Waals surface area (Å²) in [6.07, 6.45) is 4.93. The molecule has 9 heteroatoms. The number of aryl methyl sites for hydroxylation is 1. The summed E-state index contributed by atoms with van der Waals surface area (Å²) in [4.78, 5) is 28.7. The predicted molar refractivity (Wildman–Crippen MR) is 99.3 cm³/mol. The summed E-state index contributed by atoms with van der Waals surface area (Å²) < 4.78 is 29.8. The molecule has 3 heterocycles. The summed E-state index contributed by atoms with van der Waals surface area (Å²) in [7, 11) is -3.18. The third-order valence-corrected chi connectivity index (χ3v) is 6.68. The smallest absolute Gasteiger partial charge is 0.225 e. The van der Waals surface area contributed by atoms with Crippen LogP contribution >= 0.6 is 0 Å². The van der Waals surface area contributed by atoms with Crippen LogP contribution in [0.2, 0.25) is 0 Å². The molecule has 1 aromatic rings. The van der Waals surface area contributed by atoms with Crippen molar-refractivity contribution in [2.45, 2.75) is 25.7 Å². The van der Waals surface area contributed by atoms with Crippen LogP contribution in [0.5, 0.6) is 0 Å². The molecular formula is C18H27N3O5S. The number of nitrogens with zero attached hydrogens (tertiary/aromatic N) is 3. The van der Waals surface area contributed by atoms with Crippen molar-refractivity contribution in [1.82, 2.24) is 14.1 Å². The van der Waals surface area contributed by atoms with Crippen LogP contribution in [-0.2, 0) is 26.0 Å². The SMILES string of the molecule is CS(=O)(=O)N1CCC(C(=O)N2CCN(C(=O)CCc3ccco3)CC2)CC1. The van der Waals surface area contributed by atoms with Crippen LogP contribution < -0.4 is 0 Å². The molecule has 2 saturated heterocycles. The van der Waals surface area contributed by atoms with E-state index in [9.17, 15) is 18.0 Å². The Bertz CT molecular complexity index is 746. The number of piperidine rings is 1.